The van der Waals surface area contributed by atoms with Crippen LogP contribution in [0.25, 0.3) is 0 Å². The number of benzene rings is 1. The molecule has 7 heteroatoms. The first-order valence-electron chi connectivity index (χ1n) is 7.35. The molecule has 0 saturated heterocycles. The molecule has 0 aliphatic heterocycles. The van der Waals surface area contributed by atoms with E-state index in [4.69, 9.17) is 5.26 Å². The van der Waals surface area contributed by atoms with E-state index < -0.39 is 38.9 Å². The number of aromatic amines is 1. The van der Waals surface area contributed by atoms with E-state index >= 15 is 4.39 Å². The SMILES string of the molecule is C[I-]n1c(C(F)c2cc(C)cc(C#N)c2)c(C(C)C)c(=O)[nH]c1=O. The molecular formula is C17H18FIN3O2-. The number of rotatable bonds is 4. The maximum absolute atomic E-state index is 15.4. The predicted molar refractivity (Wildman–Crippen MR) is 85.6 cm³/mol. The van der Waals surface area contributed by atoms with Gasteiger partial charge in [-0.25, -0.2) is 0 Å². The van der Waals surface area contributed by atoms with Crippen molar-refractivity contribution in [2.24, 2.45) is 0 Å². The summed E-state index contributed by atoms with van der Waals surface area (Å²) in [5.74, 6) is -0.232. The standard InChI is InChI=1S/C17H18FIN3O2/c1-9(2)13-15(22(19-4)17(24)21-16(13)23)14(18)12-6-10(3)5-11(7-12)8-20/h5-7,9,14H,1-4H3,(H,21,23,24)/q-1. The molecule has 0 spiro atoms. The van der Waals surface area contributed by atoms with Crippen LogP contribution in [0.3, 0.4) is 0 Å². The molecule has 0 fully saturated rings. The summed E-state index contributed by atoms with van der Waals surface area (Å²) in [7, 11) is 0. The summed E-state index contributed by atoms with van der Waals surface area (Å²) in [6, 6.07) is 6.77. The van der Waals surface area contributed by atoms with Gasteiger partial charge in [0.2, 0.25) is 0 Å². The Morgan fingerprint density at radius 2 is 1.96 bits per heavy atom. The Bertz CT molecular complexity index is 925. The first-order chi connectivity index (χ1) is 11.3. The van der Waals surface area contributed by atoms with Gasteiger partial charge in [0.25, 0.3) is 0 Å². The van der Waals surface area contributed by atoms with Crippen molar-refractivity contribution in [3.63, 3.8) is 0 Å². The third kappa shape index (κ3) is 3.43. The molecule has 5 nitrogen and oxygen atoms in total. The molecule has 1 unspecified atom stereocenters. The fourth-order valence-electron chi connectivity index (χ4n) is 2.69. The molecule has 0 aliphatic rings. The minimum atomic E-state index is -1.64. The van der Waals surface area contributed by atoms with E-state index in [1.807, 2.05) is 11.0 Å². The van der Waals surface area contributed by atoms with E-state index in [2.05, 4.69) is 4.98 Å². The van der Waals surface area contributed by atoms with Gasteiger partial charge in [0.05, 0.1) is 0 Å². The number of nitrogens with zero attached hydrogens (tertiary/aromatic N) is 2. The van der Waals surface area contributed by atoms with Crippen molar-refractivity contribution >= 4 is 0 Å². The second-order valence-electron chi connectivity index (χ2n) is 5.77. The van der Waals surface area contributed by atoms with Crippen LogP contribution < -0.4 is 32.7 Å². The molecule has 0 bridgehead atoms. The van der Waals surface area contributed by atoms with Gasteiger partial charge in [-0.3, -0.25) is 0 Å². The van der Waals surface area contributed by atoms with Crippen molar-refractivity contribution in [3.8, 4) is 6.07 Å². The van der Waals surface area contributed by atoms with Gasteiger partial charge in [-0.2, -0.15) is 0 Å². The number of nitrogens with one attached hydrogen (secondary N) is 1. The topological polar surface area (TPSA) is 78.7 Å². The average Bonchev–Trinajstić information content (AvgIpc) is 2.52. The number of hydrogen-bond acceptors (Lipinski definition) is 3. The van der Waals surface area contributed by atoms with Crippen molar-refractivity contribution in [1.29, 1.82) is 5.26 Å². The maximum atomic E-state index is 15.4. The Labute approximate surface area is 149 Å². The fourth-order valence-corrected chi connectivity index (χ4v) is 4.27. The molecule has 128 valence electrons. The number of aromatic nitrogens is 2. The van der Waals surface area contributed by atoms with Gasteiger partial charge in [-0.05, 0) is 0 Å². The summed E-state index contributed by atoms with van der Waals surface area (Å²) < 4.78 is 16.7. The monoisotopic (exact) mass is 442 g/mol. The van der Waals surface area contributed by atoms with Gasteiger partial charge < -0.3 is 0 Å². The molecule has 0 radical (unpaired) electrons. The second kappa shape index (κ2) is 7.30. The third-order valence-corrected chi connectivity index (χ3v) is 5.56. The Kier molecular flexibility index (Phi) is 5.59. The van der Waals surface area contributed by atoms with Crippen molar-refractivity contribution < 1.29 is 25.9 Å². The zero-order valence-corrected chi connectivity index (χ0v) is 16.0. The normalized spacial score (nSPS) is 12.4. The number of alkyl halides is 2. The van der Waals surface area contributed by atoms with Crippen LogP contribution in [0, 0.1) is 18.3 Å². The zero-order valence-electron chi connectivity index (χ0n) is 13.9. The van der Waals surface area contributed by atoms with Gasteiger partial charge in [0.1, 0.15) is 0 Å². The summed E-state index contributed by atoms with van der Waals surface area (Å²) in [6.45, 7) is 5.36. The van der Waals surface area contributed by atoms with Crippen LogP contribution in [0.2, 0.25) is 0 Å². The molecular weight excluding hydrogens is 424 g/mol. The Hall–Kier alpha value is -1.95. The van der Waals surface area contributed by atoms with E-state index in [-0.39, 0.29) is 22.7 Å². The summed E-state index contributed by atoms with van der Waals surface area (Å²) in [6.07, 6.45) is -1.64. The molecule has 1 N–H and O–H groups in total. The first kappa shape index (κ1) is 18.4. The third-order valence-electron chi connectivity index (χ3n) is 3.64. The molecule has 24 heavy (non-hydrogen) atoms. The van der Waals surface area contributed by atoms with Gasteiger partial charge in [0.15, 0.2) is 0 Å². The van der Waals surface area contributed by atoms with Gasteiger partial charge in [0, 0.05) is 0 Å². The second-order valence-corrected chi connectivity index (χ2v) is 7.70. The number of aryl methyl sites for hydroxylation is 1. The van der Waals surface area contributed by atoms with Crippen LogP contribution in [0.5, 0.6) is 0 Å². The molecule has 0 amide bonds. The first-order valence-corrected chi connectivity index (χ1v) is 10.5. The van der Waals surface area contributed by atoms with Crippen LogP contribution in [0.4, 0.5) is 4.39 Å². The minimum absolute atomic E-state index is 0.114. The Morgan fingerprint density at radius 3 is 2.50 bits per heavy atom. The number of hydrogen-bond donors (Lipinski definition) is 1. The Morgan fingerprint density at radius 1 is 1.29 bits per heavy atom. The number of H-pyrrole nitrogens is 1. The van der Waals surface area contributed by atoms with Gasteiger partial charge >= 0.3 is 150 Å². The molecule has 2 rings (SSSR count). The summed E-state index contributed by atoms with van der Waals surface area (Å²) in [4.78, 5) is 28.4. The zero-order chi connectivity index (χ0) is 18.0. The van der Waals surface area contributed by atoms with E-state index in [9.17, 15) is 9.59 Å². The predicted octanol–water partition coefficient (Wildman–Crippen LogP) is -0.619. The Balaban J connectivity index is 2.80. The molecule has 2 aromatic rings. The fraction of sp³-hybridized carbons (Fsp3) is 0.353. The van der Waals surface area contributed by atoms with Crippen molar-refractivity contribution in [2.75, 3.05) is 4.93 Å². The van der Waals surface area contributed by atoms with Crippen LogP contribution in [-0.2, 0) is 0 Å². The van der Waals surface area contributed by atoms with E-state index in [1.165, 1.54) is 8.85 Å². The summed E-state index contributed by atoms with van der Waals surface area (Å²) >= 11 is -0.805. The molecule has 1 heterocycles. The van der Waals surface area contributed by atoms with E-state index in [0.717, 1.165) is 5.56 Å². The quantitative estimate of drug-likeness (QED) is 0.507. The van der Waals surface area contributed by atoms with Gasteiger partial charge in [-0.15, -0.1) is 0 Å². The molecule has 1 aromatic heterocycles. The molecule has 0 saturated carbocycles. The van der Waals surface area contributed by atoms with Crippen molar-refractivity contribution in [1.82, 2.24) is 7.76 Å². The molecule has 0 aliphatic carbocycles. The number of halogens is 2. The van der Waals surface area contributed by atoms with E-state index in [0.29, 0.717) is 5.56 Å². The van der Waals surface area contributed by atoms with E-state index in [1.54, 1.807) is 32.9 Å². The summed E-state index contributed by atoms with van der Waals surface area (Å²) in [5.41, 5.74) is 0.656. The number of nitriles is 1. The average molecular weight is 442 g/mol. The van der Waals surface area contributed by atoms with Crippen molar-refractivity contribution in [3.05, 3.63) is 67.0 Å². The molecule has 1 aromatic carbocycles. The van der Waals surface area contributed by atoms with Crippen LogP contribution >= 0.6 is 0 Å². The van der Waals surface area contributed by atoms with Gasteiger partial charge in [-0.1, -0.05) is 0 Å². The summed E-state index contributed by atoms with van der Waals surface area (Å²) in [5, 5.41) is 9.09. The van der Waals surface area contributed by atoms with Crippen LogP contribution in [0.15, 0.2) is 27.8 Å². The van der Waals surface area contributed by atoms with Crippen molar-refractivity contribution in [2.45, 2.75) is 32.9 Å². The molecule has 1 atom stereocenters. The van der Waals surface area contributed by atoms with Crippen LogP contribution in [-0.4, -0.2) is 12.7 Å². The van der Waals surface area contributed by atoms with Crippen LogP contribution in [0.1, 0.15) is 53.9 Å².